The first kappa shape index (κ1) is 25.9. The van der Waals surface area contributed by atoms with Crippen LogP contribution in [-0.4, -0.2) is 38.0 Å². The van der Waals surface area contributed by atoms with Crippen LogP contribution < -0.4 is 10.0 Å². The molecule has 3 rings (SSSR count). The number of carbonyl (C=O) groups is 2. The summed E-state index contributed by atoms with van der Waals surface area (Å²) in [5.41, 5.74) is 2.08. The molecule has 0 spiro atoms. The van der Waals surface area contributed by atoms with Crippen molar-refractivity contribution in [1.29, 1.82) is 5.26 Å². The van der Waals surface area contributed by atoms with Crippen LogP contribution in [0.3, 0.4) is 0 Å². The van der Waals surface area contributed by atoms with Crippen LogP contribution >= 0.6 is 11.6 Å². The zero-order chi connectivity index (χ0) is 25.4. The molecule has 180 valence electrons. The molecule has 0 radical (unpaired) electrons. The molecule has 10 heteroatoms. The van der Waals surface area contributed by atoms with Gasteiger partial charge in [0.05, 0.1) is 22.1 Å². The Morgan fingerprint density at radius 1 is 0.971 bits per heavy atom. The van der Waals surface area contributed by atoms with Gasteiger partial charge in [-0.25, -0.2) is 8.42 Å². The number of benzene rings is 3. The first-order chi connectivity index (χ1) is 16.7. The van der Waals surface area contributed by atoms with Crippen LogP contribution in [0.25, 0.3) is 11.1 Å². The summed E-state index contributed by atoms with van der Waals surface area (Å²) in [6.45, 7) is 0.111. The number of sulfonamides is 1. The minimum absolute atomic E-state index is 0.0440. The maximum atomic E-state index is 12.7. The Morgan fingerprint density at radius 3 is 2.17 bits per heavy atom. The monoisotopic (exact) mass is 511 g/mol. The van der Waals surface area contributed by atoms with Crippen molar-refractivity contribution in [2.45, 2.75) is 23.8 Å². The van der Waals surface area contributed by atoms with Gasteiger partial charge in [-0.2, -0.15) is 9.98 Å². The Labute approximate surface area is 208 Å². The first-order valence-electron chi connectivity index (χ1n) is 10.6. The highest BCUT2D eigenvalue weighted by Gasteiger charge is 2.25. The van der Waals surface area contributed by atoms with E-state index in [2.05, 4.69) is 10.0 Å². The summed E-state index contributed by atoms with van der Waals surface area (Å²) < 4.78 is 27.7. The molecule has 0 aromatic heterocycles. The number of carboxylic acids is 1. The average molecular weight is 512 g/mol. The van der Waals surface area contributed by atoms with Gasteiger partial charge in [0.25, 0.3) is 5.91 Å². The molecule has 1 amide bonds. The SMILES string of the molecule is N#Cc1ccccc1C(=O)NCCCC(NS(=O)(=O)c1ccc(-c2ccc(Cl)cc2)cc1)C(=O)O. The number of halogens is 1. The summed E-state index contributed by atoms with van der Waals surface area (Å²) >= 11 is 5.89. The van der Waals surface area contributed by atoms with E-state index in [9.17, 15) is 23.1 Å². The molecule has 0 fully saturated rings. The standard InChI is InChI=1S/C25H22ClN3O5S/c26-20-11-7-17(8-12-20)18-9-13-21(14-10-18)35(33,34)29-23(25(31)32)6-3-15-28-24(30)22-5-2-1-4-19(22)16-27/h1-2,4-5,7-14,23,29H,3,6,15H2,(H,28,30)(H,31,32). The zero-order valence-corrected chi connectivity index (χ0v) is 20.0. The molecule has 0 aliphatic carbocycles. The van der Waals surface area contributed by atoms with Crippen LogP contribution in [0.4, 0.5) is 0 Å². The quantitative estimate of drug-likeness (QED) is 0.354. The molecule has 3 N–H and O–H groups in total. The molecule has 0 saturated carbocycles. The van der Waals surface area contributed by atoms with Crippen molar-refractivity contribution in [2.24, 2.45) is 0 Å². The van der Waals surface area contributed by atoms with Crippen LogP contribution in [0.5, 0.6) is 0 Å². The highest BCUT2D eigenvalue weighted by atomic mass is 35.5. The third kappa shape index (κ3) is 6.90. The number of hydrogen-bond acceptors (Lipinski definition) is 5. The third-order valence-electron chi connectivity index (χ3n) is 5.18. The van der Waals surface area contributed by atoms with Gasteiger partial charge in [-0.3, -0.25) is 9.59 Å². The summed E-state index contributed by atoms with van der Waals surface area (Å²) in [6.07, 6.45) is 0.160. The molecule has 8 nitrogen and oxygen atoms in total. The summed E-state index contributed by atoms with van der Waals surface area (Å²) in [5, 5.41) is 21.8. The Bertz CT molecular complexity index is 1350. The van der Waals surface area contributed by atoms with Gasteiger partial charge in [-0.15, -0.1) is 0 Å². The molecule has 0 aliphatic rings. The van der Waals surface area contributed by atoms with Gasteiger partial charge < -0.3 is 10.4 Å². The number of aliphatic carboxylic acids is 1. The van der Waals surface area contributed by atoms with Gasteiger partial charge in [0.1, 0.15) is 6.04 Å². The van der Waals surface area contributed by atoms with E-state index < -0.39 is 27.9 Å². The molecule has 3 aromatic carbocycles. The van der Waals surface area contributed by atoms with Gasteiger partial charge in [0.15, 0.2) is 0 Å². The molecule has 1 unspecified atom stereocenters. The van der Waals surface area contributed by atoms with E-state index in [0.717, 1.165) is 11.1 Å². The first-order valence-corrected chi connectivity index (χ1v) is 12.5. The van der Waals surface area contributed by atoms with Crippen LogP contribution in [-0.2, 0) is 14.8 Å². The van der Waals surface area contributed by atoms with Crippen LogP contribution in [0.1, 0.15) is 28.8 Å². The van der Waals surface area contributed by atoms with Crippen LogP contribution in [0, 0.1) is 11.3 Å². The van der Waals surface area contributed by atoms with Crippen molar-refractivity contribution >= 4 is 33.5 Å². The Balaban J connectivity index is 1.59. The Morgan fingerprint density at radius 2 is 1.57 bits per heavy atom. The topological polar surface area (TPSA) is 136 Å². The van der Waals surface area contributed by atoms with Gasteiger partial charge in [-0.05, 0) is 60.4 Å². The lowest BCUT2D eigenvalue weighted by molar-refractivity contribution is -0.139. The molecule has 0 heterocycles. The molecule has 1 atom stereocenters. The highest BCUT2D eigenvalue weighted by Crippen LogP contribution is 2.23. The Kier molecular flexibility index (Phi) is 8.60. The fourth-order valence-corrected chi connectivity index (χ4v) is 4.69. The molecule has 0 aliphatic heterocycles. The van der Waals surface area contributed by atoms with Crippen molar-refractivity contribution in [3.63, 3.8) is 0 Å². The fourth-order valence-electron chi connectivity index (χ4n) is 3.34. The molecule has 0 saturated heterocycles. The lowest BCUT2D eigenvalue weighted by atomic mass is 10.1. The number of nitriles is 1. The normalized spacial score (nSPS) is 11.9. The molecule has 35 heavy (non-hydrogen) atoms. The smallest absolute Gasteiger partial charge is 0.321 e. The zero-order valence-electron chi connectivity index (χ0n) is 18.4. The minimum Gasteiger partial charge on any atom is -0.480 e. The highest BCUT2D eigenvalue weighted by molar-refractivity contribution is 7.89. The van der Waals surface area contributed by atoms with E-state index >= 15 is 0 Å². The Hall–Kier alpha value is -3.71. The van der Waals surface area contributed by atoms with Gasteiger partial charge in [0.2, 0.25) is 10.0 Å². The van der Waals surface area contributed by atoms with Gasteiger partial charge in [-0.1, -0.05) is 48.0 Å². The van der Waals surface area contributed by atoms with Crippen molar-refractivity contribution in [1.82, 2.24) is 10.0 Å². The maximum Gasteiger partial charge on any atom is 0.321 e. The molecule has 3 aromatic rings. The number of carboxylic acid groups (broad SMARTS) is 1. The van der Waals surface area contributed by atoms with E-state index in [1.54, 1.807) is 36.4 Å². The summed E-state index contributed by atoms with van der Waals surface area (Å²) in [4.78, 5) is 23.8. The van der Waals surface area contributed by atoms with E-state index in [4.69, 9.17) is 16.9 Å². The maximum absolute atomic E-state index is 12.7. The molecular formula is C25H22ClN3O5S. The third-order valence-corrected chi connectivity index (χ3v) is 6.92. The van der Waals surface area contributed by atoms with E-state index in [-0.39, 0.29) is 35.4 Å². The molecule has 0 bridgehead atoms. The van der Waals surface area contributed by atoms with Crippen molar-refractivity contribution in [2.75, 3.05) is 6.54 Å². The number of carbonyl (C=O) groups excluding carboxylic acids is 1. The summed E-state index contributed by atoms with van der Waals surface area (Å²) in [5.74, 6) is -1.79. The lowest BCUT2D eigenvalue weighted by Crippen LogP contribution is -2.41. The van der Waals surface area contributed by atoms with Crippen molar-refractivity contribution in [3.05, 3.63) is 88.9 Å². The second kappa shape index (κ2) is 11.6. The van der Waals surface area contributed by atoms with E-state index in [1.807, 2.05) is 18.2 Å². The van der Waals surface area contributed by atoms with E-state index in [0.29, 0.717) is 5.02 Å². The van der Waals surface area contributed by atoms with Crippen molar-refractivity contribution < 1.29 is 23.1 Å². The molecular weight excluding hydrogens is 490 g/mol. The predicted molar refractivity (Wildman–Crippen MR) is 131 cm³/mol. The number of nitrogens with one attached hydrogen (secondary N) is 2. The average Bonchev–Trinajstić information content (AvgIpc) is 2.86. The largest absolute Gasteiger partial charge is 0.480 e. The predicted octanol–water partition coefficient (Wildman–Crippen LogP) is 3.82. The fraction of sp³-hybridized carbons (Fsp3) is 0.160. The van der Waals surface area contributed by atoms with Crippen molar-refractivity contribution in [3.8, 4) is 17.2 Å². The summed E-state index contributed by atoms with van der Waals surface area (Å²) in [6, 6.07) is 20.0. The number of rotatable bonds is 10. The minimum atomic E-state index is -4.09. The van der Waals surface area contributed by atoms with Crippen LogP contribution in [0.2, 0.25) is 5.02 Å². The lowest BCUT2D eigenvalue weighted by Gasteiger charge is -2.15. The van der Waals surface area contributed by atoms with Crippen LogP contribution in [0.15, 0.2) is 77.7 Å². The van der Waals surface area contributed by atoms with Gasteiger partial charge in [0, 0.05) is 11.6 Å². The second-order valence-corrected chi connectivity index (χ2v) is 9.75. The number of nitrogens with zero attached hydrogens (tertiary/aromatic N) is 1. The summed E-state index contributed by atoms with van der Waals surface area (Å²) in [7, 11) is -4.09. The van der Waals surface area contributed by atoms with E-state index in [1.165, 1.54) is 24.3 Å². The van der Waals surface area contributed by atoms with Gasteiger partial charge >= 0.3 is 5.97 Å². The second-order valence-electron chi connectivity index (χ2n) is 7.60. The number of hydrogen-bond donors (Lipinski definition) is 3. The number of amides is 1.